The van der Waals surface area contributed by atoms with Crippen LogP contribution in [0.3, 0.4) is 0 Å². The summed E-state index contributed by atoms with van der Waals surface area (Å²) in [4.78, 5) is 23.6. The van der Waals surface area contributed by atoms with E-state index in [1.165, 1.54) is 18.7 Å². The lowest BCUT2D eigenvalue weighted by Gasteiger charge is -2.09. The van der Waals surface area contributed by atoms with Gasteiger partial charge in [0.1, 0.15) is 5.75 Å². The van der Waals surface area contributed by atoms with E-state index in [-0.39, 0.29) is 16.5 Å². The average molecular weight is 362 g/mol. The van der Waals surface area contributed by atoms with E-state index >= 15 is 0 Å². The largest absolute Gasteiger partial charge is 0.494 e. The van der Waals surface area contributed by atoms with Crippen molar-refractivity contribution >= 4 is 29.2 Å². The van der Waals surface area contributed by atoms with Crippen molar-refractivity contribution < 1.29 is 19.1 Å². The molecule has 0 aliphatic carbocycles. The molecular formula is C19H20ClNO4. The molecule has 0 spiro atoms. The van der Waals surface area contributed by atoms with Gasteiger partial charge in [-0.3, -0.25) is 4.79 Å². The number of hydrogen-bond acceptors (Lipinski definition) is 4. The molecular weight excluding hydrogens is 342 g/mol. The van der Waals surface area contributed by atoms with Crippen molar-refractivity contribution in [2.45, 2.75) is 19.8 Å². The third kappa shape index (κ3) is 5.80. The summed E-state index contributed by atoms with van der Waals surface area (Å²) in [5, 5.41) is 3.01. The number of esters is 1. The van der Waals surface area contributed by atoms with Gasteiger partial charge in [-0.05, 0) is 43.7 Å². The van der Waals surface area contributed by atoms with Gasteiger partial charge in [0.05, 0.1) is 24.3 Å². The highest BCUT2D eigenvalue weighted by molar-refractivity contribution is 6.33. The molecule has 0 aliphatic heterocycles. The molecule has 132 valence electrons. The summed E-state index contributed by atoms with van der Waals surface area (Å²) >= 11 is 5.95. The summed E-state index contributed by atoms with van der Waals surface area (Å²) in [6, 6.07) is 12.4. The monoisotopic (exact) mass is 361 g/mol. The zero-order chi connectivity index (χ0) is 18.2. The summed E-state index contributed by atoms with van der Waals surface area (Å²) in [7, 11) is 1.28. The minimum absolute atomic E-state index is 0.161. The van der Waals surface area contributed by atoms with Crippen LogP contribution in [0.4, 0.5) is 5.69 Å². The van der Waals surface area contributed by atoms with Crippen LogP contribution in [0.15, 0.2) is 42.5 Å². The van der Waals surface area contributed by atoms with E-state index in [1.54, 1.807) is 12.1 Å². The lowest BCUT2D eigenvalue weighted by Crippen LogP contribution is -2.13. The van der Waals surface area contributed by atoms with Gasteiger partial charge in [0.2, 0.25) is 5.91 Å². The predicted octanol–water partition coefficient (Wildman–Crippen LogP) is 4.23. The number of ether oxygens (including phenoxy) is 2. The maximum atomic E-state index is 12.0. The van der Waals surface area contributed by atoms with Gasteiger partial charge in [-0.2, -0.15) is 0 Å². The van der Waals surface area contributed by atoms with Crippen LogP contribution in [-0.2, 0) is 9.53 Å². The second-order valence-electron chi connectivity index (χ2n) is 5.50. The fraction of sp³-hybridized carbons (Fsp3) is 0.263. The Morgan fingerprint density at radius 1 is 1.12 bits per heavy atom. The number of carbonyl (C=O) groups excluding carboxylic acids is 2. The van der Waals surface area contributed by atoms with Crippen molar-refractivity contribution in [3.63, 3.8) is 0 Å². The Morgan fingerprint density at radius 3 is 2.52 bits per heavy atom. The number of anilines is 1. The minimum atomic E-state index is -0.549. The van der Waals surface area contributed by atoms with E-state index in [9.17, 15) is 9.59 Å². The number of benzene rings is 2. The number of amides is 1. The lowest BCUT2D eigenvalue weighted by molar-refractivity contribution is -0.116. The Hall–Kier alpha value is -2.53. The van der Waals surface area contributed by atoms with Gasteiger partial charge < -0.3 is 14.8 Å². The first-order valence-corrected chi connectivity index (χ1v) is 8.24. The van der Waals surface area contributed by atoms with Crippen LogP contribution in [-0.4, -0.2) is 25.6 Å². The molecule has 0 saturated carbocycles. The fourth-order valence-corrected chi connectivity index (χ4v) is 2.34. The van der Waals surface area contributed by atoms with Crippen LogP contribution in [0.2, 0.25) is 5.02 Å². The summed E-state index contributed by atoms with van der Waals surface area (Å²) < 4.78 is 10.2. The van der Waals surface area contributed by atoms with Gasteiger partial charge in [0.15, 0.2) is 0 Å². The third-order valence-corrected chi connectivity index (χ3v) is 3.82. The number of hydrogen-bond donors (Lipinski definition) is 1. The van der Waals surface area contributed by atoms with E-state index in [0.29, 0.717) is 25.1 Å². The van der Waals surface area contributed by atoms with E-state index in [2.05, 4.69) is 10.1 Å². The molecule has 25 heavy (non-hydrogen) atoms. The Balaban J connectivity index is 1.80. The molecule has 0 atom stereocenters. The van der Waals surface area contributed by atoms with E-state index < -0.39 is 5.97 Å². The number of nitrogens with one attached hydrogen (secondary N) is 1. The number of halogens is 1. The Labute approximate surface area is 151 Å². The third-order valence-electron chi connectivity index (χ3n) is 3.49. The Kier molecular flexibility index (Phi) is 6.83. The summed E-state index contributed by atoms with van der Waals surface area (Å²) in [6.07, 6.45) is 0.888. The lowest BCUT2D eigenvalue weighted by atomic mass is 10.2. The standard InChI is InChI=1S/C19H20ClNO4/c1-13-5-8-15(9-6-13)25-11-3-4-18(22)21-14-7-10-17(20)16(12-14)19(23)24-2/h5-10,12H,3-4,11H2,1-2H3,(H,21,22). The zero-order valence-corrected chi connectivity index (χ0v) is 14.9. The maximum absolute atomic E-state index is 12.0. The fourth-order valence-electron chi connectivity index (χ4n) is 2.15. The molecule has 0 unspecified atom stereocenters. The first-order chi connectivity index (χ1) is 12.0. The molecule has 6 heteroatoms. The van der Waals surface area contributed by atoms with Crippen LogP contribution < -0.4 is 10.1 Å². The first-order valence-electron chi connectivity index (χ1n) is 7.87. The van der Waals surface area contributed by atoms with Crippen LogP contribution >= 0.6 is 11.6 Å². The highest BCUT2D eigenvalue weighted by Gasteiger charge is 2.12. The maximum Gasteiger partial charge on any atom is 0.339 e. The Morgan fingerprint density at radius 2 is 1.84 bits per heavy atom. The molecule has 0 aliphatic rings. The SMILES string of the molecule is COC(=O)c1cc(NC(=O)CCCOc2ccc(C)cc2)ccc1Cl. The Bertz CT molecular complexity index is 744. The summed E-state index contributed by atoms with van der Waals surface area (Å²) in [5.74, 6) is 0.0738. The quantitative estimate of drug-likeness (QED) is 0.592. The van der Waals surface area contributed by atoms with Crippen molar-refractivity contribution in [3.05, 3.63) is 58.6 Å². The second kappa shape index (κ2) is 9.08. The molecule has 1 amide bonds. The number of rotatable bonds is 7. The van der Waals surface area contributed by atoms with Crippen LogP contribution in [0.5, 0.6) is 5.75 Å². The normalized spacial score (nSPS) is 10.2. The molecule has 2 rings (SSSR count). The second-order valence-corrected chi connectivity index (χ2v) is 5.91. The smallest absolute Gasteiger partial charge is 0.339 e. The van der Waals surface area contributed by atoms with Gasteiger partial charge >= 0.3 is 5.97 Å². The molecule has 2 aromatic carbocycles. The number of methoxy groups -OCH3 is 1. The highest BCUT2D eigenvalue weighted by Crippen LogP contribution is 2.21. The van der Waals surface area contributed by atoms with Gasteiger partial charge in [0, 0.05) is 12.1 Å². The van der Waals surface area contributed by atoms with Crippen molar-refractivity contribution in [2.24, 2.45) is 0 Å². The predicted molar refractivity (Wildman–Crippen MR) is 97.3 cm³/mol. The van der Waals surface area contributed by atoms with Gasteiger partial charge in [-0.1, -0.05) is 29.3 Å². The van der Waals surface area contributed by atoms with Crippen LogP contribution in [0, 0.1) is 6.92 Å². The van der Waals surface area contributed by atoms with Crippen LogP contribution in [0.25, 0.3) is 0 Å². The zero-order valence-electron chi connectivity index (χ0n) is 14.2. The van der Waals surface area contributed by atoms with Gasteiger partial charge in [-0.25, -0.2) is 4.79 Å². The molecule has 5 nitrogen and oxygen atoms in total. The first kappa shape index (κ1) is 18.8. The van der Waals surface area contributed by atoms with Crippen molar-refractivity contribution in [1.82, 2.24) is 0 Å². The number of aryl methyl sites for hydroxylation is 1. The van der Waals surface area contributed by atoms with E-state index in [4.69, 9.17) is 16.3 Å². The summed E-state index contributed by atoms with van der Waals surface area (Å²) in [5.41, 5.74) is 1.87. The molecule has 0 aromatic heterocycles. The minimum Gasteiger partial charge on any atom is -0.494 e. The van der Waals surface area contributed by atoms with E-state index in [1.807, 2.05) is 31.2 Å². The molecule has 0 fully saturated rings. The van der Waals surface area contributed by atoms with Crippen molar-refractivity contribution in [3.8, 4) is 5.75 Å². The van der Waals surface area contributed by atoms with E-state index in [0.717, 1.165) is 5.75 Å². The average Bonchev–Trinajstić information content (AvgIpc) is 2.61. The topological polar surface area (TPSA) is 64.6 Å². The van der Waals surface area contributed by atoms with Gasteiger partial charge in [-0.15, -0.1) is 0 Å². The van der Waals surface area contributed by atoms with Crippen LogP contribution in [0.1, 0.15) is 28.8 Å². The van der Waals surface area contributed by atoms with Crippen molar-refractivity contribution in [1.29, 1.82) is 0 Å². The molecule has 1 N–H and O–H groups in total. The summed E-state index contributed by atoms with van der Waals surface area (Å²) in [6.45, 7) is 2.46. The van der Waals surface area contributed by atoms with Gasteiger partial charge in [0.25, 0.3) is 0 Å². The number of carbonyl (C=O) groups is 2. The highest BCUT2D eigenvalue weighted by atomic mass is 35.5. The molecule has 0 radical (unpaired) electrons. The molecule has 0 saturated heterocycles. The molecule has 2 aromatic rings. The van der Waals surface area contributed by atoms with Crippen molar-refractivity contribution in [2.75, 3.05) is 19.0 Å². The molecule has 0 heterocycles. The molecule has 0 bridgehead atoms.